The van der Waals surface area contributed by atoms with Crippen LogP contribution in [-0.4, -0.2) is 26.0 Å². The van der Waals surface area contributed by atoms with Gasteiger partial charge in [-0.25, -0.2) is 0 Å². The molecule has 102 valence electrons. The molecular formula is C14H25N3O. The number of nitrogens with one attached hydrogen (secondary N) is 1. The first-order chi connectivity index (χ1) is 8.81. The van der Waals surface area contributed by atoms with Crippen LogP contribution in [0.15, 0.2) is 28.6 Å². The first kappa shape index (κ1) is 14.8. The van der Waals surface area contributed by atoms with Gasteiger partial charge in [-0.15, -0.1) is 0 Å². The molecule has 1 aliphatic heterocycles. The molecular weight excluding hydrogens is 226 g/mol. The molecule has 0 radical (unpaired) electrons. The van der Waals surface area contributed by atoms with Gasteiger partial charge in [-0.1, -0.05) is 19.4 Å². The summed E-state index contributed by atoms with van der Waals surface area (Å²) in [5.74, 6) is 1.86. The van der Waals surface area contributed by atoms with E-state index in [1.165, 1.54) is 5.57 Å². The molecule has 0 aromatic heterocycles. The number of hydrogen-bond donors (Lipinski definition) is 2. The minimum atomic E-state index is 0.624. The molecule has 1 heterocycles. The fraction of sp³-hybridized carbons (Fsp3) is 0.643. The molecule has 0 atom stereocenters. The van der Waals surface area contributed by atoms with Crippen LogP contribution in [0, 0.1) is 0 Å². The van der Waals surface area contributed by atoms with E-state index in [2.05, 4.69) is 23.3 Å². The topological polar surface area (TPSA) is 59.6 Å². The van der Waals surface area contributed by atoms with Crippen LogP contribution < -0.4 is 11.1 Å². The third-order valence-electron chi connectivity index (χ3n) is 2.91. The normalized spacial score (nSPS) is 15.8. The fourth-order valence-electron chi connectivity index (χ4n) is 1.81. The van der Waals surface area contributed by atoms with Crippen LogP contribution >= 0.6 is 0 Å². The van der Waals surface area contributed by atoms with Gasteiger partial charge in [0.15, 0.2) is 0 Å². The highest BCUT2D eigenvalue weighted by atomic mass is 16.5. The Hall–Kier alpha value is -1.29. The minimum Gasteiger partial charge on any atom is -0.498 e. The number of methoxy groups -OCH3 is 1. The Kier molecular flexibility index (Phi) is 7.18. The summed E-state index contributed by atoms with van der Waals surface area (Å²) in [7, 11) is 1.67. The number of allylic oxidation sites excluding steroid dienone is 1. The van der Waals surface area contributed by atoms with Gasteiger partial charge in [0.1, 0.15) is 18.1 Å². The molecule has 0 aromatic rings. The van der Waals surface area contributed by atoms with Crippen molar-refractivity contribution in [1.82, 2.24) is 5.32 Å². The van der Waals surface area contributed by atoms with Crippen LogP contribution in [-0.2, 0) is 4.74 Å². The van der Waals surface area contributed by atoms with Crippen molar-refractivity contribution in [3.8, 4) is 0 Å². The smallest absolute Gasteiger partial charge is 0.133 e. The molecule has 1 aliphatic rings. The van der Waals surface area contributed by atoms with E-state index in [1.54, 1.807) is 7.11 Å². The standard InChI is InChI=1S/C14H25N3O/c1-3-4-7-12(8-5-6-9-15)14-16-10-13(18-2)11-17-14/h7,10H,3-6,8-9,11,15H2,1-2H3,(H,16,17)/b12-7+. The van der Waals surface area contributed by atoms with Gasteiger partial charge in [0.2, 0.25) is 0 Å². The zero-order valence-corrected chi connectivity index (χ0v) is 11.5. The van der Waals surface area contributed by atoms with Crippen LogP contribution in [0.5, 0.6) is 0 Å². The van der Waals surface area contributed by atoms with E-state index in [0.29, 0.717) is 6.54 Å². The summed E-state index contributed by atoms with van der Waals surface area (Å²) in [5, 5.41) is 3.22. The minimum absolute atomic E-state index is 0.624. The Morgan fingerprint density at radius 2 is 2.39 bits per heavy atom. The summed E-state index contributed by atoms with van der Waals surface area (Å²) in [6.07, 6.45) is 9.66. The van der Waals surface area contributed by atoms with E-state index >= 15 is 0 Å². The first-order valence-corrected chi connectivity index (χ1v) is 6.75. The molecule has 4 heteroatoms. The van der Waals surface area contributed by atoms with Crippen molar-refractivity contribution in [2.24, 2.45) is 10.7 Å². The lowest BCUT2D eigenvalue weighted by Crippen LogP contribution is -2.25. The molecule has 3 N–H and O–H groups in total. The number of aliphatic imine (C=N–C) groups is 1. The lowest BCUT2D eigenvalue weighted by molar-refractivity contribution is 0.284. The second kappa shape index (κ2) is 8.75. The predicted molar refractivity (Wildman–Crippen MR) is 76.4 cm³/mol. The zero-order valence-electron chi connectivity index (χ0n) is 11.5. The number of nitrogens with two attached hydrogens (primary N) is 1. The van der Waals surface area contributed by atoms with Gasteiger partial charge in [-0.2, -0.15) is 0 Å². The van der Waals surface area contributed by atoms with E-state index in [0.717, 1.165) is 50.2 Å². The van der Waals surface area contributed by atoms with Crippen molar-refractivity contribution in [1.29, 1.82) is 0 Å². The van der Waals surface area contributed by atoms with Gasteiger partial charge in [0.25, 0.3) is 0 Å². The van der Waals surface area contributed by atoms with Crippen LogP contribution in [0.1, 0.15) is 39.0 Å². The number of nitrogens with zero attached hydrogens (tertiary/aromatic N) is 1. The number of rotatable bonds is 8. The van der Waals surface area contributed by atoms with Crippen molar-refractivity contribution in [2.45, 2.75) is 39.0 Å². The van der Waals surface area contributed by atoms with Crippen LogP contribution in [0.25, 0.3) is 0 Å². The highest BCUT2D eigenvalue weighted by Gasteiger charge is 2.10. The summed E-state index contributed by atoms with van der Waals surface area (Å²) < 4.78 is 5.15. The number of unbranched alkanes of at least 4 members (excludes halogenated alkanes) is 2. The summed E-state index contributed by atoms with van der Waals surface area (Å²) in [6.45, 7) is 3.57. The summed E-state index contributed by atoms with van der Waals surface area (Å²) in [4.78, 5) is 4.53. The van der Waals surface area contributed by atoms with Crippen molar-refractivity contribution in [2.75, 3.05) is 20.2 Å². The first-order valence-electron chi connectivity index (χ1n) is 6.75. The maximum absolute atomic E-state index is 5.54. The zero-order chi connectivity index (χ0) is 13.2. The second-order valence-corrected chi connectivity index (χ2v) is 4.39. The highest BCUT2D eigenvalue weighted by Crippen LogP contribution is 2.13. The van der Waals surface area contributed by atoms with Gasteiger partial charge in [0, 0.05) is 6.20 Å². The molecule has 0 aromatic carbocycles. The molecule has 1 rings (SSSR count). The molecule has 0 fully saturated rings. The van der Waals surface area contributed by atoms with Crippen molar-refractivity contribution >= 4 is 5.84 Å². The third kappa shape index (κ3) is 4.92. The van der Waals surface area contributed by atoms with Gasteiger partial charge in [0.05, 0.1) is 7.11 Å². The molecule has 0 unspecified atom stereocenters. The molecule has 0 saturated carbocycles. The van der Waals surface area contributed by atoms with Crippen molar-refractivity contribution < 1.29 is 4.74 Å². The quantitative estimate of drug-likeness (QED) is 0.651. The molecule has 0 saturated heterocycles. The van der Waals surface area contributed by atoms with Crippen LogP contribution in [0.3, 0.4) is 0 Å². The largest absolute Gasteiger partial charge is 0.498 e. The number of amidine groups is 1. The summed E-state index contributed by atoms with van der Waals surface area (Å²) >= 11 is 0. The molecule has 18 heavy (non-hydrogen) atoms. The maximum atomic E-state index is 5.54. The monoisotopic (exact) mass is 251 g/mol. The van der Waals surface area contributed by atoms with E-state index in [4.69, 9.17) is 10.5 Å². The van der Waals surface area contributed by atoms with E-state index in [-0.39, 0.29) is 0 Å². The van der Waals surface area contributed by atoms with Crippen LogP contribution in [0.4, 0.5) is 0 Å². The van der Waals surface area contributed by atoms with Gasteiger partial charge < -0.3 is 15.8 Å². The van der Waals surface area contributed by atoms with E-state index in [9.17, 15) is 0 Å². The summed E-state index contributed by atoms with van der Waals surface area (Å²) in [5.41, 5.74) is 6.84. The number of hydrogen-bond acceptors (Lipinski definition) is 4. The summed E-state index contributed by atoms with van der Waals surface area (Å²) in [6, 6.07) is 0. The third-order valence-corrected chi connectivity index (χ3v) is 2.91. The van der Waals surface area contributed by atoms with E-state index in [1.807, 2.05) is 6.20 Å². The molecule has 4 nitrogen and oxygen atoms in total. The average Bonchev–Trinajstić information content (AvgIpc) is 2.43. The van der Waals surface area contributed by atoms with Gasteiger partial charge in [-0.05, 0) is 37.8 Å². The maximum Gasteiger partial charge on any atom is 0.133 e. The lowest BCUT2D eigenvalue weighted by atomic mass is 10.0. The number of ether oxygens (including phenoxy) is 1. The predicted octanol–water partition coefficient (Wildman–Crippen LogP) is 2.33. The Morgan fingerprint density at radius 3 is 2.94 bits per heavy atom. The molecule has 0 amide bonds. The molecule has 0 bridgehead atoms. The SMILES string of the molecule is CCC/C=C(\CCCCN)C1=NCC(OC)=CN1. The Bertz CT molecular complexity index is 332. The Labute approximate surface area is 110 Å². The fourth-order valence-corrected chi connectivity index (χ4v) is 1.81. The van der Waals surface area contributed by atoms with Crippen molar-refractivity contribution in [3.05, 3.63) is 23.6 Å². The highest BCUT2D eigenvalue weighted by molar-refractivity contribution is 5.99. The van der Waals surface area contributed by atoms with Crippen LogP contribution in [0.2, 0.25) is 0 Å². The Balaban J connectivity index is 2.58. The molecule has 0 spiro atoms. The Morgan fingerprint density at radius 1 is 1.56 bits per heavy atom. The average molecular weight is 251 g/mol. The van der Waals surface area contributed by atoms with Gasteiger partial charge in [-0.3, -0.25) is 4.99 Å². The van der Waals surface area contributed by atoms with E-state index < -0.39 is 0 Å². The molecule has 0 aliphatic carbocycles. The lowest BCUT2D eigenvalue weighted by Gasteiger charge is -2.16. The second-order valence-electron chi connectivity index (χ2n) is 4.39. The van der Waals surface area contributed by atoms with Crippen molar-refractivity contribution in [3.63, 3.8) is 0 Å². The van der Waals surface area contributed by atoms with Gasteiger partial charge >= 0.3 is 0 Å².